The molecule has 0 radical (unpaired) electrons. The van der Waals surface area contributed by atoms with Crippen molar-refractivity contribution in [2.75, 3.05) is 13.2 Å². The van der Waals surface area contributed by atoms with E-state index in [2.05, 4.69) is 6.58 Å². The summed E-state index contributed by atoms with van der Waals surface area (Å²) in [6.07, 6.45) is 2.52. The molecule has 0 aliphatic heterocycles. The van der Waals surface area contributed by atoms with E-state index in [0.717, 1.165) is 0 Å². The van der Waals surface area contributed by atoms with Crippen LogP contribution in [0.4, 0.5) is 17.6 Å². The van der Waals surface area contributed by atoms with Crippen LogP contribution < -0.4 is 9.47 Å². The van der Waals surface area contributed by atoms with Crippen LogP contribution in [0.25, 0.3) is 11.1 Å². The molecule has 3 aromatic carbocycles. The van der Waals surface area contributed by atoms with Gasteiger partial charge in [-0.2, -0.15) is 4.39 Å². The van der Waals surface area contributed by atoms with Gasteiger partial charge in [-0.05, 0) is 73.9 Å². The molecule has 200 valence electrons. The number of benzene rings is 3. The summed E-state index contributed by atoms with van der Waals surface area (Å²) in [5, 5.41) is 0. The number of rotatable bonds is 9. The lowest BCUT2D eigenvalue weighted by molar-refractivity contribution is 0.0188. The Labute approximate surface area is 218 Å². The van der Waals surface area contributed by atoms with E-state index < -0.39 is 40.9 Å². The second-order valence-corrected chi connectivity index (χ2v) is 9.01. The summed E-state index contributed by atoms with van der Waals surface area (Å²) in [5.41, 5.74) is 0.184. The zero-order valence-electron chi connectivity index (χ0n) is 20.9. The van der Waals surface area contributed by atoms with Crippen molar-refractivity contribution in [3.63, 3.8) is 0 Å². The standard InChI is InChI=1S/C30H28F4O4/c1-3-17-37-25-16-15-23(27(32)29(25)34)19-7-11-21(12-8-19)38-30(35)24-14-13-22(26(31)28(24)33)18-5-9-20(10-6-18)36-4-2/h3,5-6,9-10,13-16,19,21H,1,4,7-8,11-12,17H2,2H3. The predicted octanol–water partition coefficient (Wildman–Crippen LogP) is 7.76. The largest absolute Gasteiger partial charge is 0.494 e. The Morgan fingerprint density at radius 3 is 2.24 bits per heavy atom. The molecule has 0 spiro atoms. The van der Waals surface area contributed by atoms with Crippen LogP contribution in [0, 0.1) is 23.3 Å². The van der Waals surface area contributed by atoms with E-state index in [1.54, 1.807) is 24.3 Å². The highest BCUT2D eigenvalue weighted by molar-refractivity contribution is 5.90. The van der Waals surface area contributed by atoms with Crippen LogP contribution in [0.1, 0.15) is 54.4 Å². The Morgan fingerprint density at radius 2 is 1.58 bits per heavy atom. The number of ether oxygens (including phenoxy) is 3. The summed E-state index contributed by atoms with van der Waals surface area (Å²) in [6, 6.07) is 11.9. The third kappa shape index (κ3) is 5.85. The molecule has 4 rings (SSSR count). The number of carbonyl (C=O) groups excluding carboxylic acids is 1. The first kappa shape index (κ1) is 27.2. The molecule has 0 unspecified atom stereocenters. The summed E-state index contributed by atoms with van der Waals surface area (Å²) in [4.78, 5) is 12.6. The zero-order chi connectivity index (χ0) is 27.2. The first-order valence-corrected chi connectivity index (χ1v) is 12.5. The van der Waals surface area contributed by atoms with Gasteiger partial charge in [0, 0.05) is 5.56 Å². The molecule has 38 heavy (non-hydrogen) atoms. The van der Waals surface area contributed by atoms with Gasteiger partial charge in [0.25, 0.3) is 0 Å². The van der Waals surface area contributed by atoms with E-state index >= 15 is 0 Å². The highest BCUT2D eigenvalue weighted by atomic mass is 19.2. The van der Waals surface area contributed by atoms with Gasteiger partial charge in [0.05, 0.1) is 12.2 Å². The maximum Gasteiger partial charge on any atom is 0.341 e. The minimum absolute atomic E-state index is 0.0118. The Kier molecular flexibility index (Phi) is 8.71. The average molecular weight is 529 g/mol. The van der Waals surface area contributed by atoms with Gasteiger partial charge in [-0.25, -0.2) is 18.0 Å². The molecule has 1 aliphatic rings. The molecule has 4 nitrogen and oxygen atoms in total. The molecule has 0 amide bonds. The molecule has 3 aromatic rings. The maximum atomic E-state index is 14.8. The quantitative estimate of drug-likeness (QED) is 0.162. The lowest BCUT2D eigenvalue weighted by Crippen LogP contribution is -2.25. The lowest BCUT2D eigenvalue weighted by atomic mass is 9.82. The van der Waals surface area contributed by atoms with Gasteiger partial charge in [-0.3, -0.25) is 0 Å². The summed E-state index contributed by atoms with van der Waals surface area (Å²) in [5.74, 6) is -5.26. The second-order valence-electron chi connectivity index (χ2n) is 9.01. The van der Waals surface area contributed by atoms with Gasteiger partial charge in [0.15, 0.2) is 23.2 Å². The summed E-state index contributed by atoms with van der Waals surface area (Å²) in [6.45, 7) is 5.86. The van der Waals surface area contributed by atoms with Crippen LogP contribution in [-0.4, -0.2) is 25.3 Å². The molecule has 1 saturated carbocycles. The molecular formula is C30H28F4O4. The van der Waals surface area contributed by atoms with Crippen molar-refractivity contribution in [2.45, 2.75) is 44.6 Å². The number of halogens is 4. The van der Waals surface area contributed by atoms with Crippen LogP contribution in [0.5, 0.6) is 11.5 Å². The van der Waals surface area contributed by atoms with Gasteiger partial charge in [-0.15, -0.1) is 0 Å². The summed E-state index contributed by atoms with van der Waals surface area (Å²) in [7, 11) is 0. The Bertz CT molecular complexity index is 1300. The van der Waals surface area contributed by atoms with Crippen molar-refractivity contribution in [3.05, 3.63) is 95.6 Å². The van der Waals surface area contributed by atoms with E-state index in [4.69, 9.17) is 14.2 Å². The van der Waals surface area contributed by atoms with E-state index in [1.165, 1.54) is 30.3 Å². The molecule has 0 N–H and O–H groups in total. The SMILES string of the molecule is C=CCOc1ccc(C2CCC(OC(=O)c3ccc(-c4ccc(OCC)cc4)c(F)c3F)CC2)c(F)c1F. The van der Waals surface area contributed by atoms with Gasteiger partial charge in [0.1, 0.15) is 18.5 Å². The topological polar surface area (TPSA) is 44.8 Å². The Hall–Kier alpha value is -3.81. The van der Waals surface area contributed by atoms with Crippen molar-refractivity contribution < 1.29 is 36.6 Å². The molecule has 0 bridgehead atoms. The molecule has 0 atom stereocenters. The van der Waals surface area contributed by atoms with Gasteiger partial charge in [0.2, 0.25) is 5.82 Å². The fourth-order valence-corrected chi connectivity index (χ4v) is 4.66. The Morgan fingerprint density at radius 1 is 0.868 bits per heavy atom. The van der Waals surface area contributed by atoms with Gasteiger partial charge in [-0.1, -0.05) is 36.9 Å². The molecule has 0 heterocycles. The third-order valence-corrected chi connectivity index (χ3v) is 6.60. The van der Waals surface area contributed by atoms with Crippen LogP contribution in [-0.2, 0) is 4.74 Å². The van der Waals surface area contributed by atoms with E-state index in [9.17, 15) is 22.4 Å². The minimum Gasteiger partial charge on any atom is -0.494 e. The third-order valence-electron chi connectivity index (χ3n) is 6.60. The van der Waals surface area contributed by atoms with Crippen molar-refractivity contribution in [1.82, 2.24) is 0 Å². The van der Waals surface area contributed by atoms with Crippen LogP contribution >= 0.6 is 0 Å². The molecule has 1 aliphatic carbocycles. The van der Waals surface area contributed by atoms with E-state index in [-0.39, 0.29) is 29.4 Å². The molecule has 8 heteroatoms. The van der Waals surface area contributed by atoms with Crippen molar-refractivity contribution in [1.29, 1.82) is 0 Å². The zero-order valence-corrected chi connectivity index (χ0v) is 20.9. The van der Waals surface area contributed by atoms with Crippen molar-refractivity contribution in [2.24, 2.45) is 0 Å². The van der Waals surface area contributed by atoms with Crippen molar-refractivity contribution >= 4 is 5.97 Å². The summed E-state index contributed by atoms with van der Waals surface area (Å²) < 4.78 is 74.6. The highest BCUT2D eigenvalue weighted by Gasteiger charge is 2.30. The first-order chi connectivity index (χ1) is 18.3. The first-order valence-electron chi connectivity index (χ1n) is 12.5. The fourth-order valence-electron chi connectivity index (χ4n) is 4.66. The van der Waals surface area contributed by atoms with Crippen LogP contribution in [0.15, 0.2) is 61.2 Å². The second kappa shape index (κ2) is 12.2. The maximum absolute atomic E-state index is 14.8. The Balaban J connectivity index is 1.39. The van der Waals surface area contributed by atoms with E-state index in [1.807, 2.05) is 6.92 Å². The number of carbonyl (C=O) groups is 1. The van der Waals surface area contributed by atoms with Crippen LogP contribution in [0.3, 0.4) is 0 Å². The normalized spacial score (nSPS) is 17.1. The molecular weight excluding hydrogens is 500 g/mol. The lowest BCUT2D eigenvalue weighted by Gasteiger charge is -2.29. The number of esters is 1. The monoisotopic (exact) mass is 528 g/mol. The van der Waals surface area contributed by atoms with Crippen molar-refractivity contribution in [3.8, 4) is 22.6 Å². The van der Waals surface area contributed by atoms with Crippen LogP contribution in [0.2, 0.25) is 0 Å². The highest BCUT2D eigenvalue weighted by Crippen LogP contribution is 2.38. The van der Waals surface area contributed by atoms with E-state index in [0.29, 0.717) is 43.6 Å². The number of hydrogen-bond donors (Lipinski definition) is 0. The number of hydrogen-bond acceptors (Lipinski definition) is 4. The predicted molar refractivity (Wildman–Crippen MR) is 135 cm³/mol. The van der Waals surface area contributed by atoms with Gasteiger partial charge < -0.3 is 14.2 Å². The smallest absolute Gasteiger partial charge is 0.341 e. The minimum atomic E-state index is -1.29. The average Bonchev–Trinajstić information content (AvgIpc) is 2.92. The molecule has 0 aromatic heterocycles. The summed E-state index contributed by atoms with van der Waals surface area (Å²) >= 11 is 0. The fraction of sp³-hybridized carbons (Fsp3) is 0.300. The van der Waals surface area contributed by atoms with Gasteiger partial charge >= 0.3 is 5.97 Å². The molecule has 1 fully saturated rings. The molecule has 0 saturated heterocycles.